The topological polar surface area (TPSA) is 90.3 Å². The predicted molar refractivity (Wildman–Crippen MR) is 112 cm³/mol. The Balaban J connectivity index is 1.78. The first-order chi connectivity index (χ1) is 14.2. The van der Waals surface area contributed by atoms with E-state index in [2.05, 4.69) is 9.82 Å². The van der Waals surface area contributed by atoms with Crippen LogP contribution in [0.2, 0.25) is 0 Å². The van der Waals surface area contributed by atoms with Gasteiger partial charge in [0.2, 0.25) is 10.0 Å². The third-order valence-electron chi connectivity index (χ3n) is 4.69. The van der Waals surface area contributed by atoms with Gasteiger partial charge < -0.3 is 4.74 Å². The SMILES string of the molecule is COc1cc(C)c(C)cc1S(=O)(=O)NCCn1nc(-c2ccc(F)cc2)ccc1=O. The summed E-state index contributed by atoms with van der Waals surface area (Å²) in [5.74, 6) is -0.123. The molecule has 3 rings (SSSR count). The van der Waals surface area contributed by atoms with Gasteiger partial charge in [0.1, 0.15) is 16.5 Å². The average Bonchev–Trinajstić information content (AvgIpc) is 2.71. The largest absolute Gasteiger partial charge is 0.495 e. The molecule has 0 aliphatic heterocycles. The average molecular weight is 431 g/mol. The van der Waals surface area contributed by atoms with Gasteiger partial charge in [-0.25, -0.2) is 22.2 Å². The molecule has 0 amide bonds. The molecular weight excluding hydrogens is 409 g/mol. The van der Waals surface area contributed by atoms with Crippen molar-refractivity contribution in [2.45, 2.75) is 25.3 Å². The van der Waals surface area contributed by atoms with Crippen molar-refractivity contribution >= 4 is 10.0 Å². The molecule has 0 atom stereocenters. The number of methoxy groups -OCH3 is 1. The van der Waals surface area contributed by atoms with Crippen LogP contribution in [0.5, 0.6) is 5.75 Å². The first-order valence-electron chi connectivity index (χ1n) is 9.20. The second-order valence-corrected chi connectivity index (χ2v) is 8.51. The molecule has 0 spiro atoms. The number of ether oxygens (including phenoxy) is 1. The number of hydrogen-bond acceptors (Lipinski definition) is 5. The monoisotopic (exact) mass is 431 g/mol. The molecule has 0 fully saturated rings. The van der Waals surface area contributed by atoms with Crippen LogP contribution in [0.1, 0.15) is 11.1 Å². The van der Waals surface area contributed by atoms with E-state index in [4.69, 9.17) is 4.74 Å². The second kappa shape index (κ2) is 8.76. The Labute approximate surface area is 174 Å². The van der Waals surface area contributed by atoms with Crippen LogP contribution < -0.4 is 15.0 Å². The van der Waals surface area contributed by atoms with E-state index in [0.29, 0.717) is 11.3 Å². The Kier molecular flexibility index (Phi) is 6.33. The Morgan fingerprint density at radius 3 is 2.40 bits per heavy atom. The summed E-state index contributed by atoms with van der Waals surface area (Å²) in [5, 5.41) is 4.25. The van der Waals surface area contributed by atoms with Crippen LogP contribution in [0.15, 0.2) is 58.2 Å². The lowest BCUT2D eigenvalue weighted by molar-refractivity contribution is 0.401. The molecule has 158 valence electrons. The Morgan fingerprint density at radius 2 is 1.73 bits per heavy atom. The lowest BCUT2D eigenvalue weighted by Crippen LogP contribution is -2.32. The number of halogens is 1. The molecule has 9 heteroatoms. The molecule has 7 nitrogen and oxygen atoms in total. The molecule has 1 N–H and O–H groups in total. The summed E-state index contributed by atoms with van der Waals surface area (Å²) in [7, 11) is -2.44. The third-order valence-corrected chi connectivity index (χ3v) is 6.17. The second-order valence-electron chi connectivity index (χ2n) is 6.77. The Morgan fingerprint density at radius 1 is 1.07 bits per heavy atom. The summed E-state index contributed by atoms with van der Waals surface area (Å²) in [5.41, 5.74) is 2.49. The molecular formula is C21H22FN3O4S. The highest BCUT2D eigenvalue weighted by molar-refractivity contribution is 7.89. The van der Waals surface area contributed by atoms with Crippen LogP contribution >= 0.6 is 0 Å². The Bertz CT molecular complexity index is 1220. The molecule has 3 aromatic rings. The summed E-state index contributed by atoms with van der Waals surface area (Å²) in [6.45, 7) is 3.67. The van der Waals surface area contributed by atoms with Crippen molar-refractivity contribution in [3.8, 4) is 17.0 Å². The van der Waals surface area contributed by atoms with E-state index in [1.54, 1.807) is 24.3 Å². The highest BCUT2D eigenvalue weighted by Crippen LogP contribution is 2.27. The van der Waals surface area contributed by atoms with Crippen molar-refractivity contribution < 1.29 is 17.5 Å². The quantitative estimate of drug-likeness (QED) is 0.621. The lowest BCUT2D eigenvalue weighted by atomic mass is 10.1. The van der Waals surface area contributed by atoms with Crippen molar-refractivity contribution in [2.75, 3.05) is 13.7 Å². The zero-order valence-electron chi connectivity index (χ0n) is 16.8. The van der Waals surface area contributed by atoms with Gasteiger partial charge in [0.25, 0.3) is 5.56 Å². The molecule has 0 aliphatic rings. The number of aromatic nitrogens is 2. The molecule has 2 aromatic carbocycles. The number of aryl methyl sites for hydroxylation is 2. The fourth-order valence-electron chi connectivity index (χ4n) is 2.88. The molecule has 0 radical (unpaired) electrons. The summed E-state index contributed by atoms with van der Waals surface area (Å²) < 4.78 is 47.4. The molecule has 1 heterocycles. The van der Waals surface area contributed by atoms with Gasteiger partial charge in [0.15, 0.2) is 0 Å². The van der Waals surface area contributed by atoms with E-state index < -0.39 is 10.0 Å². The molecule has 0 saturated heterocycles. The van der Waals surface area contributed by atoms with Gasteiger partial charge in [-0.2, -0.15) is 5.10 Å². The van der Waals surface area contributed by atoms with Gasteiger partial charge in [-0.15, -0.1) is 0 Å². The van der Waals surface area contributed by atoms with Crippen LogP contribution in [-0.2, 0) is 16.6 Å². The van der Waals surface area contributed by atoms with Gasteiger partial charge in [0, 0.05) is 18.2 Å². The first-order valence-corrected chi connectivity index (χ1v) is 10.7. The molecule has 0 unspecified atom stereocenters. The van der Waals surface area contributed by atoms with E-state index >= 15 is 0 Å². The highest BCUT2D eigenvalue weighted by atomic mass is 32.2. The van der Waals surface area contributed by atoms with E-state index in [0.717, 1.165) is 11.1 Å². The van der Waals surface area contributed by atoms with E-state index in [1.165, 1.54) is 36.1 Å². The standard InChI is InChI=1S/C21H22FN3O4S/c1-14-12-19(29-3)20(13-15(14)2)30(27,28)23-10-11-25-21(26)9-8-18(24-25)16-4-6-17(22)7-5-16/h4-9,12-13,23H,10-11H2,1-3H3. The number of hydrogen-bond donors (Lipinski definition) is 1. The van der Waals surface area contributed by atoms with Crippen molar-refractivity contribution in [1.82, 2.24) is 14.5 Å². The minimum atomic E-state index is -3.85. The smallest absolute Gasteiger partial charge is 0.266 e. The van der Waals surface area contributed by atoms with Gasteiger partial charge in [-0.1, -0.05) is 0 Å². The number of nitrogens with one attached hydrogen (secondary N) is 1. The van der Waals surface area contributed by atoms with Gasteiger partial charge in [-0.3, -0.25) is 4.79 Å². The normalized spacial score (nSPS) is 11.5. The van der Waals surface area contributed by atoms with Crippen LogP contribution in [0.4, 0.5) is 4.39 Å². The highest BCUT2D eigenvalue weighted by Gasteiger charge is 2.20. The number of nitrogens with zero attached hydrogens (tertiary/aromatic N) is 2. The minimum Gasteiger partial charge on any atom is -0.495 e. The fourth-order valence-corrected chi connectivity index (χ4v) is 4.13. The maximum absolute atomic E-state index is 13.1. The lowest BCUT2D eigenvalue weighted by Gasteiger charge is -2.13. The number of benzene rings is 2. The van der Waals surface area contributed by atoms with Crippen LogP contribution in [0, 0.1) is 19.7 Å². The number of sulfonamides is 1. The Hall–Kier alpha value is -3.04. The zero-order valence-corrected chi connectivity index (χ0v) is 17.7. The predicted octanol–water partition coefficient (Wildman–Crippen LogP) is 2.65. The summed E-state index contributed by atoms with van der Waals surface area (Å²) in [4.78, 5) is 12.1. The van der Waals surface area contributed by atoms with Gasteiger partial charge >= 0.3 is 0 Å². The first kappa shape index (κ1) is 21.7. The van der Waals surface area contributed by atoms with Gasteiger partial charge in [-0.05, 0) is 67.4 Å². The van der Waals surface area contributed by atoms with Crippen LogP contribution in [-0.4, -0.2) is 31.9 Å². The van der Waals surface area contributed by atoms with E-state index in [1.807, 2.05) is 13.8 Å². The van der Waals surface area contributed by atoms with Crippen molar-refractivity contribution in [3.05, 3.63) is 75.8 Å². The summed E-state index contributed by atoms with van der Waals surface area (Å²) in [6, 6.07) is 11.8. The van der Waals surface area contributed by atoms with E-state index in [-0.39, 0.29) is 35.1 Å². The molecule has 0 aliphatic carbocycles. The molecule has 30 heavy (non-hydrogen) atoms. The zero-order chi connectivity index (χ0) is 21.9. The van der Waals surface area contributed by atoms with E-state index in [9.17, 15) is 17.6 Å². The van der Waals surface area contributed by atoms with Crippen LogP contribution in [0.25, 0.3) is 11.3 Å². The maximum atomic E-state index is 13.1. The minimum absolute atomic E-state index is 0.0280. The summed E-state index contributed by atoms with van der Waals surface area (Å²) in [6.07, 6.45) is 0. The van der Waals surface area contributed by atoms with Crippen molar-refractivity contribution in [1.29, 1.82) is 0 Å². The van der Waals surface area contributed by atoms with Crippen LogP contribution in [0.3, 0.4) is 0 Å². The fraction of sp³-hybridized carbons (Fsp3) is 0.238. The van der Waals surface area contributed by atoms with Crippen molar-refractivity contribution in [3.63, 3.8) is 0 Å². The molecule has 1 aromatic heterocycles. The third kappa shape index (κ3) is 4.74. The maximum Gasteiger partial charge on any atom is 0.266 e. The summed E-state index contributed by atoms with van der Waals surface area (Å²) >= 11 is 0. The molecule has 0 bridgehead atoms. The number of rotatable bonds is 7. The molecule has 0 saturated carbocycles. The van der Waals surface area contributed by atoms with Gasteiger partial charge in [0.05, 0.1) is 19.3 Å². The van der Waals surface area contributed by atoms with Crippen molar-refractivity contribution in [2.24, 2.45) is 0 Å².